The van der Waals surface area contributed by atoms with Crippen molar-refractivity contribution in [2.24, 2.45) is 0 Å². The summed E-state index contributed by atoms with van der Waals surface area (Å²) in [5.41, 5.74) is 1.44. The Morgan fingerprint density at radius 1 is 1.03 bits per heavy atom. The highest BCUT2D eigenvalue weighted by atomic mass is 32.1. The number of carbonyl (C=O) groups excluding carboxylic acids is 2. The first-order valence-electron chi connectivity index (χ1n) is 8.46. The summed E-state index contributed by atoms with van der Waals surface area (Å²) in [5.74, 6) is 0.429. The maximum atomic E-state index is 12.4. The summed E-state index contributed by atoms with van der Waals surface area (Å²) in [6.45, 7) is 1.70. The lowest BCUT2D eigenvalue weighted by atomic mass is 10.1. The first-order valence-corrected chi connectivity index (χ1v) is 9.68. The normalized spacial score (nSPS) is 10.1. The quantitative estimate of drug-likeness (QED) is 0.525. The van der Waals surface area contributed by atoms with E-state index in [1.807, 2.05) is 0 Å². The zero-order valence-corrected chi connectivity index (χ0v) is 18.7. The highest BCUT2D eigenvalue weighted by Gasteiger charge is 2.26. The number of esters is 1. The fourth-order valence-corrected chi connectivity index (χ4v) is 4.01. The molecular formula is C19H23N3O5S2. The van der Waals surface area contributed by atoms with E-state index in [1.54, 1.807) is 53.4 Å². The van der Waals surface area contributed by atoms with Crippen LogP contribution in [0, 0.1) is 6.92 Å². The Balaban J connectivity index is 2.33. The minimum absolute atomic E-state index is 0.206. The molecule has 1 heterocycles. The molecule has 1 amide bonds. The molecule has 156 valence electrons. The van der Waals surface area contributed by atoms with Gasteiger partial charge < -0.3 is 29.7 Å². The number of benzene rings is 1. The van der Waals surface area contributed by atoms with Gasteiger partial charge in [0, 0.05) is 38.0 Å². The Kier molecular flexibility index (Phi) is 7.40. The van der Waals surface area contributed by atoms with Crippen molar-refractivity contribution in [1.82, 2.24) is 4.90 Å². The van der Waals surface area contributed by atoms with Gasteiger partial charge in [-0.2, -0.15) is 0 Å². The second-order valence-corrected chi connectivity index (χ2v) is 7.56. The van der Waals surface area contributed by atoms with Gasteiger partial charge in [0.15, 0.2) is 5.11 Å². The Morgan fingerprint density at radius 3 is 2.10 bits per heavy atom. The van der Waals surface area contributed by atoms with Crippen molar-refractivity contribution >= 4 is 51.2 Å². The van der Waals surface area contributed by atoms with Gasteiger partial charge in [-0.25, -0.2) is 4.79 Å². The highest BCUT2D eigenvalue weighted by molar-refractivity contribution is 7.80. The molecule has 0 aliphatic rings. The molecule has 1 aromatic carbocycles. The molecule has 29 heavy (non-hydrogen) atoms. The number of thiophene rings is 1. The maximum Gasteiger partial charge on any atom is 0.341 e. The number of ether oxygens (including phenoxy) is 3. The molecule has 0 aliphatic carbocycles. The summed E-state index contributed by atoms with van der Waals surface area (Å²) in [5, 5.41) is 6.67. The van der Waals surface area contributed by atoms with Gasteiger partial charge in [0.2, 0.25) is 0 Å². The van der Waals surface area contributed by atoms with Crippen LogP contribution < -0.4 is 20.1 Å². The monoisotopic (exact) mass is 437 g/mol. The number of nitrogens with one attached hydrogen (secondary N) is 2. The van der Waals surface area contributed by atoms with E-state index in [1.165, 1.54) is 12.0 Å². The molecule has 0 fully saturated rings. The van der Waals surface area contributed by atoms with E-state index < -0.39 is 5.97 Å². The predicted molar refractivity (Wildman–Crippen MR) is 118 cm³/mol. The van der Waals surface area contributed by atoms with Crippen LogP contribution in [0.15, 0.2) is 18.2 Å². The Labute approximate surface area is 178 Å². The lowest BCUT2D eigenvalue weighted by Crippen LogP contribution is -2.21. The number of anilines is 2. The Morgan fingerprint density at radius 2 is 1.62 bits per heavy atom. The molecule has 0 radical (unpaired) electrons. The third kappa shape index (κ3) is 5.15. The van der Waals surface area contributed by atoms with Crippen molar-refractivity contribution in [2.45, 2.75) is 6.92 Å². The minimum atomic E-state index is -0.551. The summed E-state index contributed by atoms with van der Waals surface area (Å²) in [6.07, 6.45) is 0. The van der Waals surface area contributed by atoms with Crippen molar-refractivity contribution in [3.05, 3.63) is 34.2 Å². The third-order valence-electron chi connectivity index (χ3n) is 3.97. The molecule has 2 aromatic rings. The number of hydrogen-bond acceptors (Lipinski definition) is 7. The van der Waals surface area contributed by atoms with Gasteiger partial charge in [-0.3, -0.25) is 4.79 Å². The molecule has 1 aromatic heterocycles. The average Bonchev–Trinajstić information content (AvgIpc) is 3.01. The summed E-state index contributed by atoms with van der Waals surface area (Å²) in [4.78, 5) is 26.6. The van der Waals surface area contributed by atoms with Crippen LogP contribution in [0.2, 0.25) is 0 Å². The van der Waals surface area contributed by atoms with Crippen LogP contribution in [0.3, 0.4) is 0 Å². The molecule has 0 bridgehead atoms. The van der Waals surface area contributed by atoms with Crippen molar-refractivity contribution in [3.63, 3.8) is 0 Å². The topological polar surface area (TPSA) is 89.1 Å². The van der Waals surface area contributed by atoms with E-state index in [9.17, 15) is 9.59 Å². The van der Waals surface area contributed by atoms with Gasteiger partial charge in [0.1, 0.15) is 16.5 Å². The first-order chi connectivity index (χ1) is 13.7. The van der Waals surface area contributed by atoms with E-state index >= 15 is 0 Å². The molecule has 0 spiro atoms. The third-order valence-corrected chi connectivity index (χ3v) is 5.37. The van der Waals surface area contributed by atoms with Crippen molar-refractivity contribution in [1.29, 1.82) is 0 Å². The second-order valence-electron chi connectivity index (χ2n) is 6.13. The predicted octanol–water partition coefficient (Wildman–Crippen LogP) is 3.37. The number of rotatable bonds is 6. The number of thiocarbonyl (C=S) groups is 1. The van der Waals surface area contributed by atoms with Gasteiger partial charge in [-0.05, 0) is 24.7 Å². The molecule has 2 rings (SSSR count). The first kappa shape index (κ1) is 22.4. The lowest BCUT2D eigenvalue weighted by molar-refractivity contribution is 0.0601. The molecule has 10 heteroatoms. The lowest BCUT2D eigenvalue weighted by Gasteiger charge is -2.13. The number of carbonyl (C=O) groups is 2. The summed E-state index contributed by atoms with van der Waals surface area (Å²) < 4.78 is 15.4. The van der Waals surface area contributed by atoms with E-state index in [2.05, 4.69) is 10.6 Å². The summed E-state index contributed by atoms with van der Waals surface area (Å²) in [7, 11) is 7.68. The molecule has 0 atom stereocenters. The van der Waals surface area contributed by atoms with Crippen LogP contribution >= 0.6 is 23.6 Å². The van der Waals surface area contributed by atoms with E-state index in [0.717, 1.165) is 11.3 Å². The largest absolute Gasteiger partial charge is 0.497 e. The van der Waals surface area contributed by atoms with Crippen molar-refractivity contribution < 1.29 is 23.8 Å². The van der Waals surface area contributed by atoms with Crippen LogP contribution in [0.25, 0.3) is 0 Å². The van der Waals surface area contributed by atoms with Crippen molar-refractivity contribution in [2.75, 3.05) is 46.1 Å². The number of methoxy groups -OCH3 is 3. The molecule has 8 nitrogen and oxygen atoms in total. The van der Waals surface area contributed by atoms with E-state index in [4.69, 9.17) is 26.4 Å². The average molecular weight is 438 g/mol. The fourth-order valence-electron chi connectivity index (χ4n) is 2.50. The second kappa shape index (κ2) is 9.57. The Hall–Kier alpha value is -2.85. The molecule has 0 saturated heterocycles. The number of nitrogens with zero attached hydrogens (tertiary/aromatic N) is 1. The smallest absolute Gasteiger partial charge is 0.341 e. The SMILES string of the molecule is COC(=O)c1c(NC(=S)Nc2cc(OC)cc(OC)c2)sc(C(=O)N(C)C)c1C. The molecule has 2 N–H and O–H groups in total. The van der Waals surface area contributed by atoms with Gasteiger partial charge >= 0.3 is 5.97 Å². The summed E-state index contributed by atoms with van der Waals surface area (Å²) >= 11 is 6.53. The van der Waals surface area contributed by atoms with Crippen LogP contribution in [0.1, 0.15) is 25.6 Å². The molecular weight excluding hydrogens is 414 g/mol. The van der Waals surface area contributed by atoms with E-state index in [-0.39, 0.29) is 16.6 Å². The highest BCUT2D eigenvalue weighted by Crippen LogP contribution is 2.34. The van der Waals surface area contributed by atoms with Crippen LogP contribution in [0.4, 0.5) is 10.7 Å². The minimum Gasteiger partial charge on any atom is -0.497 e. The molecule has 0 saturated carbocycles. The van der Waals surface area contributed by atoms with Crippen LogP contribution in [-0.2, 0) is 4.74 Å². The van der Waals surface area contributed by atoms with Gasteiger partial charge in [0.05, 0.1) is 31.8 Å². The van der Waals surface area contributed by atoms with Gasteiger partial charge in [-0.1, -0.05) is 0 Å². The van der Waals surface area contributed by atoms with Crippen LogP contribution in [0.5, 0.6) is 11.5 Å². The maximum absolute atomic E-state index is 12.4. The molecule has 0 unspecified atom stereocenters. The Bertz CT molecular complexity index is 918. The number of hydrogen-bond donors (Lipinski definition) is 2. The molecule has 0 aliphatic heterocycles. The van der Waals surface area contributed by atoms with E-state index in [0.29, 0.717) is 32.6 Å². The summed E-state index contributed by atoms with van der Waals surface area (Å²) in [6, 6.07) is 5.23. The fraction of sp³-hybridized carbons (Fsp3) is 0.316. The van der Waals surface area contributed by atoms with Crippen LogP contribution in [-0.4, -0.2) is 57.3 Å². The van der Waals surface area contributed by atoms with Gasteiger partial charge in [-0.15, -0.1) is 11.3 Å². The zero-order valence-electron chi connectivity index (χ0n) is 17.0. The van der Waals surface area contributed by atoms with Gasteiger partial charge in [0.25, 0.3) is 5.91 Å². The zero-order chi connectivity index (χ0) is 21.7. The standard InChI is InChI=1S/C19H23N3O5S2/c1-10-14(18(24)27-6)16(29-15(10)17(23)22(2)3)21-19(28)20-11-7-12(25-4)9-13(8-11)26-5/h7-9H,1-6H3,(H2,20,21,28). The van der Waals surface area contributed by atoms with Crippen molar-refractivity contribution in [3.8, 4) is 11.5 Å². The number of amides is 1.